The molecule has 21 heavy (non-hydrogen) atoms. The molecule has 1 heterocycles. The third kappa shape index (κ3) is 4.71. The zero-order chi connectivity index (χ0) is 15.3. The molecule has 0 spiro atoms. The average Bonchev–Trinajstić information content (AvgIpc) is 2.45. The van der Waals surface area contributed by atoms with E-state index in [1.165, 1.54) is 0 Å². The van der Waals surface area contributed by atoms with E-state index in [2.05, 4.69) is 31.1 Å². The highest BCUT2D eigenvalue weighted by Gasteiger charge is 2.21. The number of nitrogens with one attached hydrogen (secondary N) is 1. The van der Waals surface area contributed by atoms with Crippen molar-refractivity contribution >= 4 is 5.91 Å². The summed E-state index contributed by atoms with van der Waals surface area (Å²) in [5, 5.41) is 3.10. The van der Waals surface area contributed by atoms with Crippen LogP contribution in [0.5, 0.6) is 0 Å². The van der Waals surface area contributed by atoms with Crippen LogP contribution in [0, 0.1) is 5.41 Å². The first-order valence-corrected chi connectivity index (χ1v) is 7.21. The summed E-state index contributed by atoms with van der Waals surface area (Å²) in [4.78, 5) is 16.7. The van der Waals surface area contributed by atoms with Crippen molar-refractivity contribution in [2.24, 2.45) is 5.41 Å². The van der Waals surface area contributed by atoms with E-state index in [9.17, 15) is 4.79 Å². The van der Waals surface area contributed by atoms with Crippen LogP contribution >= 0.6 is 0 Å². The van der Waals surface area contributed by atoms with Crippen molar-refractivity contribution in [3.05, 3.63) is 66.0 Å². The maximum atomic E-state index is 12.3. The maximum absolute atomic E-state index is 12.3. The quantitative estimate of drug-likeness (QED) is 0.928. The molecule has 3 heteroatoms. The molecule has 110 valence electrons. The van der Waals surface area contributed by atoms with Crippen LogP contribution in [0.25, 0.3) is 0 Å². The SMILES string of the molecule is CC(C)(C)CC(=O)N[C@H](c1ccccc1)c1ccccn1. The van der Waals surface area contributed by atoms with E-state index in [0.29, 0.717) is 6.42 Å². The minimum atomic E-state index is -0.206. The lowest BCUT2D eigenvalue weighted by molar-refractivity contribution is -0.123. The Morgan fingerprint density at radius 3 is 2.33 bits per heavy atom. The number of rotatable bonds is 4. The van der Waals surface area contributed by atoms with Crippen molar-refractivity contribution in [3.63, 3.8) is 0 Å². The van der Waals surface area contributed by atoms with Crippen molar-refractivity contribution in [3.8, 4) is 0 Å². The van der Waals surface area contributed by atoms with Gasteiger partial charge in [-0.25, -0.2) is 0 Å². The molecule has 0 saturated carbocycles. The molecule has 1 N–H and O–H groups in total. The molecule has 0 fully saturated rings. The third-order valence-corrected chi connectivity index (χ3v) is 3.11. The van der Waals surface area contributed by atoms with Crippen LogP contribution in [0.2, 0.25) is 0 Å². The second-order valence-corrected chi connectivity index (χ2v) is 6.40. The van der Waals surface area contributed by atoms with Gasteiger partial charge in [-0.3, -0.25) is 9.78 Å². The number of benzene rings is 1. The van der Waals surface area contributed by atoms with Crippen LogP contribution in [-0.4, -0.2) is 10.9 Å². The van der Waals surface area contributed by atoms with Gasteiger partial charge in [-0.2, -0.15) is 0 Å². The number of nitrogens with zero attached hydrogens (tertiary/aromatic N) is 1. The molecule has 0 saturated heterocycles. The van der Waals surface area contributed by atoms with Gasteiger partial charge in [-0.15, -0.1) is 0 Å². The molecule has 2 aromatic rings. The molecule has 2 rings (SSSR count). The van der Waals surface area contributed by atoms with Gasteiger partial charge in [0.05, 0.1) is 11.7 Å². The summed E-state index contributed by atoms with van der Waals surface area (Å²) in [7, 11) is 0. The molecule has 0 aliphatic carbocycles. The molecule has 0 aliphatic heterocycles. The van der Waals surface area contributed by atoms with Gasteiger partial charge in [-0.1, -0.05) is 57.2 Å². The predicted octanol–water partition coefficient (Wildman–Crippen LogP) is 3.72. The van der Waals surface area contributed by atoms with Gasteiger partial charge in [0.2, 0.25) is 5.91 Å². The first-order valence-electron chi connectivity index (χ1n) is 7.21. The molecule has 0 bridgehead atoms. The minimum Gasteiger partial charge on any atom is -0.344 e. The summed E-state index contributed by atoms with van der Waals surface area (Å²) in [6, 6.07) is 15.5. The highest BCUT2D eigenvalue weighted by atomic mass is 16.1. The number of pyridine rings is 1. The standard InChI is InChI=1S/C18H22N2O/c1-18(2,3)13-16(21)20-17(14-9-5-4-6-10-14)15-11-7-8-12-19-15/h4-12,17H,13H2,1-3H3,(H,20,21)/t17-/m1/s1. The van der Waals surface area contributed by atoms with Gasteiger partial charge in [-0.05, 0) is 23.1 Å². The van der Waals surface area contributed by atoms with Crippen LogP contribution in [0.15, 0.2) is 54.7 Å². The van der Waals surface area contributed by atoms with Gasteiger partial charge in [0.25, 0.3) is 0 Å². The Morgan fingerprint density at radius 2 is 1.76 bits per heavy atom. The van der Waals surface area contributed by atoms with E-state index < -0.39 is 0 Å². The van der Waals surface area contributed by atoms with E-state index in [1.807, 2.05) is 48.5 Å². The molecule has 3 nitrogen and oxygen atoms in total. The lowest BCUT2D eigenvalue weighted by atomic mass is 9.91. The first-order chi connectivity index (χ1) is 9.96. The van der Waals surface area contributed by atoms with Crippen LogP contribution in [0.4, 0.5) is 0 Å². The van der Waals surface area contributed by atoms with Crippen LogP contribution in [0.1, 0.15) is 44.5 Å². The number of carbonyl (C=O) groups is 1. The Balaban J connectivity index is 2.24. The van der Waals surface area contributed by atoms with Gasteiger partial charge in [0.15, 0.2) is 0 Å². The summed E-state index contributed by atoms with van der Waals surface area (Å²) in [5.41, 5.74) is 1.86. The van der Waals surface area contributed by atoms with E-state index in [-0.39, 0.29) is 17.4 Å². The second kappa shape index (κ2) is 6.53. The van der Waals surface area contributed by atoms with Gasteiger partial charge >= 0.3 is 0 Å². The van der Waals surface area contributed by atoms with Crippen molar-refractivity contribution in [1.82, 2.24) is 10.3 Å². The molecule has 0 unspecified atom stereocenters. The molecule has 1 amide bonds. The largest absolute Gasteiger partial charge is 0.344 e. The molecule has 1 aromatic heterocycles. The van der Waals surface area contributed by atoms with Crippen molar-refractivity contribution in [1.29, 1.82) is 0 Å². The van der Waals surface area contributed by atoms with E-state index in [1.54, 1.807) is 6.20 Å². The summed E-state index contributed by atoms with van der Waals surface area (Å²) >= 11 is 0. The van der Waals surface area contributed by atoms with Gasteiger partial charge in [0.1, 0.15) is 0 Å². The summed E-state index contributed by atoms with van der Waals surface area (Å²) in [5.74, 6) is 0.0435. The third-order valence-electron chi connectivity index (χ3n) is 3.11. The van der Waals surface area contributed by atoms with E-state index >= 15 is 0 Å². The predicted molar refractivity (Wildman–Crippen MR) is 84.7 cm³/mol. The number of aromatic nitrogens is 1. The zero-order valence-corrected chi connectivity index (χ0v) is 12.8. The van der Waals surface area contributed by atoms with Gasteiger partial charge < -0.3 is 5.32 Å². The fourth-order valence-corrected chi connectivity index (χ4v) is 2.21. The fourth-order valence-electron chi connectivity index (χ4n) is 2.21. The number of amides is 1. The lowest BCUT2D eigenvalue weighted by Crippen LogP contribution is -2.32. The Kier molecular flexibility index (Phi) is 4.73. The fraction of sp³-hybridized carbons (Fsp3) is 0.333. The number of hydrogen-bond donors (Lipinski definition) is 1. The lowest BCUT2D eigenvalue weighted by Gasteiger charge is -2.22. The summed E-state index contributed by atoms with van der Waals surface area (Å²) < 4.78 is 0. The highest BCUT2D eigenvalue weighted by Crippen LogP contribution is 2.23. The van der Waals surface area contributed by atoms with Crippen LogP contribution in [0.3, 0.4) is 0 Å². The van der Waals surface area contributed by atoms with Crippen molar-refractivity contribution < 1.29 is 4.79 Å². The molecular weight excluding hydrogens is 260 g/mol. The smallest absolute Gasteiger partial charge is 0.221 e. The normalized spacial score (nSPS) is 12.7. The Labute approximate surface area is 126 Å². The molecule has 0 radical (unpaired) electrons. The van der Waals surface area contributed by atoms with E-state index in [0.717, 1.165) is 11.3 Å². The molecular formula is C18H22N2O. The second-order valence-electron chi connectivity index (χ2n) is 6.40. The summed E-state index contributed by atoms with van der Waals surface area (Å²) in [6.07, 6.45) is 2.24. The highest BCUT2D eigenvalue weighted by molar-refractivity contribution is 5.77. The number of hydrogen-bond acceptors (Lipinski definition) is 2. The zero-order valence-electron chi connectivity index (χ0n) is 12.8. The van der Waals surface area contributed by atoms with Crippen LogP contribution < -0.4 is 5.32 Å². The minimum absolute atomic E-state index is 0.0323. The van der Waals surface area contributed by atoms with E-state index in [4.69, 9.17) is 0 Å². The van der Waals surface area contributed by atoms with Crippen molar-refractivity contribution in [2.45, 2.75) is 33.2 Å². The molecule has 1 atom stereocenters. The monoisotopic (exact) mass is 282 g/mol. The molecule has 1 aromatic carbocycles. The summed E-state index contributed by atoms with van der Waals surface area (Å²) in [6.45, 7) is 6.18. The maximum Gasteiger partial charge on any atom is 0.221 e. The average molecular weight is 282 g/mol. The van der Waals surface area contributed by atoms with Gasteiger partial charge in [0, 0.05) is 12.6 Å². The molecule has 0 aliphatic rings. The van der Waals surface area contributed by atoms with Crippen molar-refractivity contribution in [2.75, 3.05) is 0 Å². The first kappa shape index (κ1) is 15.2. The topological polar surface area (TPSA) is 42.0 Å². The van der Waals surface area contributed by atoms with Crippen LogP contribution in [-0.2, 0) is 4.79 Å². The Morgan fingerprint density at radius 1 is 1.10 bits per heavy atom. The Hall–Kier alpha value is -2.16. The Bertz CT molecular complexity index is 534. The number of carbonyl (C=O) groups excluding carboxylic acids is 1.